The molecule has 5 rings (SSSR count). The van der Waals surface area contributed by atoms with E-state index >= 15 is 0 Å². The number of unbranched alkanes of at least 4 members (excludes halogenated alkanes) is 1. The van der Waals surface area contributed by atoms with Crippen LogP contribution in [0.4, 0.5) is 16.2 Å². The lowest BCUT2D eigenvalue weighted by Gasteiger charge is -2.33. The fourth-order valence-electron chi connectivity index (χ4n) is 4.58. The highest BCUT2D eigenvalue weighted by Gasteiger charge is 2.42. The number of thioether (sulfide) groups is 1. The fourth-order valence-corrected chi connectivity index (χ4v) is 5.72. The summed E-state index contributed by atoms with van der Waals surface area (Å²) < 4.78 is 0. The Bertz CT molecular complexity index is 1410. The van der Waals surface area contributed by atoms with Crippen molar-refractivity contribution in [3.8, 4) is 0 Å². The summed E-state index contributed by atoms with van der Waals surface area (Å²) in [6.45, 7) is 5.09. The number of rotatable bonds is 6. The first kappa shape index (κ1) is 23.9. The molecule has 0 saturated carbocycles. The maximum Gasteiger partial charge on any atom is 0.338 e. The van der Waals surface area contributed by atoms with Crippen LogP contribution in [0.1, 0.15) is 26.7 Å². The van der Waals surface area contributed by atoms with Gasteiger partial charge in [0.05, 0.1) is 16.4 Å². The van der Waals surface area contributed by atoms with Crippen LogP contribution in [0.15, 0.2) is 94.4 Å². The van der Waals surface area contributed by atoms with Crippen molar-refractivity contribution in [3.63, 3.8) is 0 Å². The van der Waals surface area contributed by atoms with Crippen molar-refractivity contribution in [2.24, 2.45) is 0 Å². The third-order valence-corrected chi connectivity index (χ3v) is 7.52. The van der Waals surface area contributed by atoms with Crippen LogP contribution in [0.2, 0.25) is 0 Å². The molecule has 0 atom stereocenters. The Balaban J connectivity index is 1.55. The first-order chi connectivity index (χ1) is 17.5. The number of fused-ring (bicyclic) bond motifs is 3. The molecule has 0 aliphatic carbocycles. The van der Waals surface area contributed by atoms with Gasteiger partial charge in [-0.3, -0.25) is 14.5 Å². The Morgan fingerprint density at radius 3 is 2.31 bits per heavy atom. The van der Waals surface area contributed by atoms with Crippen LogP contribution in [0.3, 0.4) is 0 Å². The van der Waals surface area contributed by atoms with Crippen molar-refractivity contribution in [1.82, 2.24) is 4.90 Å². The molecule has 3 aromatic rings. The van der Waals surface area contributed by atoms with Gasteiger partial charge >= 0.3 is 6.03 Å². The second-order valence-electron chi connectivity index (χ2n) is 8.63. The Morgan fingerprint density at radius 2 is 1.56 bits per heavy atom. The minimum Gasteiger partial charge on any atom is -0.335 e. The van der Waals surface area contributed by atoms with Crippen LogP contribution in [-0.4, -0.2) is 35.8 Å². The number of benzene rings is 3. The average molecular weight is 498 g/mol. The average Bonchev–Trinajstić information content (AvgIpc) is 3.27. The topological polar surface area (TPSA) is 60.9 Å². The van der Waals surface area contributed by atoms with E-state index in [4.69, 9.17) is 0 Å². The Labute approximate surface area is 214 Å². The molecule has 0 N–H and O–H groups in total. The van der Waals surface area contributed by atoms with E-state index in [1.54, 1.807) is 42.1 Å². The fraction of sp³-hybridized carbons (Fsp3) is 0.207. The third kappa shape index (κ3) is 4.09. The number of carbonyl (C=O) groups excluding carboxylic acids is 3. The summed E-state index contributed by atoms with van der Waals surface area (Å²) in [5.41, 5.74) is 1.57. The van der Waals surface area contributed by atoms with Gasteiger partial charge in [-0.1, -0.05) is 73.6 Å². The first-order valence-electron chi connectivity index (χ1n) is 12.2. The number of hydrogen-bond acceptors (Lipinski definition) is 5. The summed E-state index contributed by atoms with van der Waals surface area (Å²) in [7, 11) is 0. The van der Waals surface area contributed by atoms with Crippen LogP contribution in [0, 0.1) is 0 Å². The molecule has 1 fully saturated rings. The maximum absolute atomic E-state index is 13.5. The molecule has 1 saturated heterocycles. The minimum atomic E-state index is -0.602. The van der Waals surface area contributed by atoms with E-state index in [0.717, 1.165) is 44.2 Å². The molecule has 36 heavy (non-hydrogen) atoms. The highest BCUT2D eigenvalue weighted by Crippen LogP contribution is 2.49. The molecule has 3 aromatic carbocycles. The zero-order valence-corrected chi connectivity index (χ0v) is 21.1. The number of imide groups is 2. The Morgan fingerprint density at radius 1 is 0.806 bits per heavy atom. The van der Waals surface area contributed by atoms with Crippen LogP contribution < -0.4 is 9.80 Å². The summed E-state index contributed by atoms with van der Waals surface area (Å²) in [6, 6.07) is 20.6. The van der Waals surface area contributed by atoms with E-state index in [-0.39, 0.29) is 12.1 Å². The van der Waals surface area contributed by atoms with E-state index < -0.39 is 17.8 Å². The molecule has 2 aliphatic rings. The molecular formula is C29H27N3O3S. The van der Waals surface area contributed by atoms with Crippen molar-refractivity contribution in [2.75, 3.05) is 22.9 Å². The highest BCUT2D eigenvalue weighted by molar-refractivity contribution is 8.03. The molecule has 0 radical (unpaired) electrons. The van der Waals surface area contributed by atoms with Crippen LogP contribution >= 0.6 is 11.8 Å². The number of allylic oxidation sites excluding steroid dienone is 2. The van der Waals surface area contributed by atoms with E-state index in [9.17, 15) is 14.4 Å². The van der Waals surface area contributed by atoms with E-state index in [2.05, 4.69) is 36.1 Å². The standard InChI is InChI=1S/C29H27N3O3S/c1-3-5-19-31-27(33)23(28(34)32(29(31)35)21-12-7-6-8-13-21)16-18-25-30(4-2)26-22-14-10-9-11-20(22)15-17-24(26)36-25/h6-18H,3-5,19H2,1-2H3/b23-16+,25-18-. The molecule has 2 aliphatic heterocycles. The largest absolute Gasteiger partial charge is 0.338 e. The molecule has 182 valence electrons. The zero-order valence-electron chi connectivity index (χ0n) is 20.3. The summed E-state index contributed by atoms with van der Waals surface area (Å²) in [6.07, 6.45) is 4.90. The molecule has 0 aromatic heterocycles. The van der Waals surface area contributed by atoms with Gasteiger partial charge in [-0.25, -0.2) is 9.69 Å². The second-order valence-corrected chi connectivity index (χ2v) is 9.70. The lowest BCUT2D eigenvalue weighted by molar-refractivity contribution is -0.129. The van der Waals surface area contributed by atoms with Gasteiger partial charge in [0.1, 0.15) is 5.57 Å². The number of carbonyl (C=O) groups is 3. The lowest BCUT2D eigenvalue weighted by Crippen LogP contribution is -2.56. The monoisotopic (exact) mass is 497 g/mol. The molecule has 0 spiro atoms. The van der Waals surface area contributed by atoms with Gasteiger partial charge in [0.2, 0.25) is 0 Å². The summed E-state index contributed by atoms with van der Waals surface area (Å²) >= 11 is 1.61. The number of barbiturate groups is 1. The van der Waals surface area contributed by atoms with Crippen LogP contribution in [0.5, 0.6) is 0 Å². The van der Waals surface area contributed by atoms with Crippen molar-refractivity contribution >= 4 is 51.8 Å². The van der Waals surface area contributed by atoms with Gasteiger partial charge in [-0.15, -0.1) is 0 Å². The number of hydrogen-bond donors (Lipinski definition) is 0. The summed E-state index contributed by atoms with van der Waals surface area (Å²) in [4.78, 5) is 45.6. The van der Waals surface area contributed by atoms with Gasteiger partial charge < -0.3 is 4.90 Å². The lowest BCUT2D eigenvalue weighted by atomic mass is 10.1. The van der Waals surface area contributed by atoms with Gasteiger partial charge in [-0.2, -0.15) is 0 Å². The van der Waals surface area contributed by atoms with Gasteiger partial charge in [0.15, 0.2) is 0 Å². The smallest absolute Gasteiger partial charge is 0.335 e. The molecular weight excluding hydrogens is 470 g/mol. The molecule has 2 heterocycles. The number of para-hydroxylation sites is 1. The normalized spacial score (nSPS) is 18.2. The predicted molar refractivity (Wildman–Crippen MR) is 145 cm³/mol. The van der Waals surface area contributed by atoms with Crippen molar-refractivity contribution in [1.29, 1.82) is 0 Å². The Hall–Kier alpha value is -3.84. The first-order valence-corrected chi connectivity index (χ1v) is 13.0. The SMILES string of the molecule is CCCCN1C(=O)/C(=C\C=C2/Sc3ccc4ccccc4c3N2CC)C(=O)N(c2ccccc2)C1=O. The van der Waals surface area contributed by atoms with Crippen molar-refractivity contribution in [3.05, 3.63) is 89.5 Å². The number of urea groups is 1. The number of nitrogens with zero attached hydrogens (tertiary/aromatic N) is 3. The molecule has 4 amide bonds. The van der Waals surface area contributed by atoms with E-state index in [1.807, 2.05) is 31.2 Å². The van der Waals surface area contributed by atoms with E-state index in [0.29, 0.717) is 12.1 Å². The third-order valence-electron chi connectivity index (χ3n) is 6.40. The highest BCUT2D eigenvalue weighted by atomic mass is 32.2. The van der Waals surface area contributed by atoms with E-state index in [1.165, 1.54) is 4.90 Å². The second kappa shape index (κ2) is 10.0. The van der Waals surface area contributed by atoms with Gasteiger partial charge in [-0.05, 0) is 49.1 Å². The molecule has 0 bridgehead atoms. The van der Waals surface area contributed by atoms with Crippen LogP contribution in [0.25, 0.3) is 10.8 Å². The molecule has 6 nitrogen and oxygen atoms in total. The molecule has 7 heteroatoms. The minimum absolute atomic E-state index is 0.0143. The summed E-state index contributed by atoms with van der Waals surface area (Å²) in [5, 5.41) is 3.26. The van der Waals surface area contributed by atoms with Crippen molar-refractivity contribution in [2.45, 2.75) is 31.6 Å². The number of anilines is 2. The Kier molecular flexibility index (Phi) is 6.65. The quantitative estimate of drug-likeness (QED) is 0.294. The maximum atomic E-state index is 13.5. The van der Waals surface area contributed by atoms with Crippen molar-refractivity contribution < 1.29 is 14.4 Å². The number of amides is 4. The molecule has 0 unspecified atom stereocenters. The zero-order chi connectivity index (χ0) is 25.2. The predicted octanol–water partition coefficient (Wildman–Crippen LogP) is 6.34. The van der Waals surface area contributed by atoms with Crippen LogP contribution in [-0.2, 0) is 9.59 Å². The van der Waals surface area contributed by atoms with Gasteiger partial charge in [0.25, 0.3) is 11.8 Å². The summed E-state index contributed by atoms with van der Waals surface area (Å²) in [5.74, 6) is -1.15. The van der Waals surface area contributed by atoms with Gasteiger partial charge in [0, 0.05) is 23.4 Å².